The van der Waals surface area contributed by atoms with Crippen molar-refractivity contribution < 1.29 is 24.6 Å². The molecule has 0 unspecified atom stereocenters. The fraction of sp³-hybridized carbons (Fsp3) is 0. The van der Waals surface area contributed by atoms with Crippen LogP contribution in [0.3, 0.4) is 0 Å². The van der Waals surface area contributed by atoms with Gasteiger partial charge in [-0.1, -0.05) is 36.4 Å². The van der Waals surface area contributed by atoms with E-state index >= 15 is 0 Å². The lowest BCUT2D eigenvalue weighted by atomic mass is 10.2. The molecule has 26 heavy (non-hydrogen) atoms. The molecule has 0 saturated carbocycles. The zero-order valence-corrected chi connectivity index (χ0v) is 13.7. The Morgan fingerprint density at radius 1 is 0.692 bits per heavy atom. The van der Waals surface area contributed by atoms with E-state index in [4.69, 9.17) is 0 Å². The van der Waals surface area contributed by atoms with Crippen LogP contribution in [0.1, 0.15) is 15.9 Å². The summed E-state index contributed by atoms with van der Waals surface area (Å²) in [6.07, 6.45) is 0. The molecule has 0 aliphatic heterocycles. The van der Waals surface area contributed by atoms with Crippen LogP contribution in [0.5, 0.6) is 0 Å². The first-order valence-corrected chi connectivity index (χ1v) is 7.85. The first kappa shape index (κ1) is 17.0. The van der Waals surface area contributed by atoms with Crippen LogP contribution in [0, 0.1) is 4.91 Å². The lowest BCUT2D eigenvalue weighted by Gasteiger charge is -1.97. The molecule has 2 N–H and O–H groups in total. The van der Waals surface area contributed by atoms with Crippen molar-refractivity contribution in [3.63, 3.8) is 0 Å². The van der Waals surface area contributed by atoms with Crippen LogP contribution >= 0.6 is 0 Å². The van der Waals surface area contributed by atoms with Crippen LogP contribution in [-0.2, 0) is 0 Å². The smallest absolute Gasteiger partial charge is 0.456 e. The number of carbonyl (C=O) groups is 1. The predicted molar refractivity (Wildman–Crippen MR) is 95.4 cm³/mol. The first-order chi connectivity index (χ1) is 12.6. The maximum Gasteiger partial charge on any atom is 0.471 e. The summed E-state index contributed by atoms with van der Waals surface area (Å²) in [6, 6.07) is 22.4. The van der Waals surface area contributed by atoms with Crippen molar-refractivity contribution in [2.45, 2.75) is 0 Å². The van der Waals surface area contributed by atoms with Crippen molar-refractivity contribution in [2.75, 3.05) is 0 Å². The predicted octanol–water partition coefficient (Wildman–Crippen LogP) is 3.98. The summed E-state index contributed by atoms with van der Waals surface area (Å²) in [7, 11) is 0. The molecule has 0 fully saturated rings. The molecule has 0 aliphatic carbocycles. The van der Waals surface area contributed by atoms with E-state index in [2.05, 4.69) is 0 Å². The number of amides is 1. The Morgan fingerprint density at radius 3 is 1.69 bits per heavy atom. The maximum absolute atomic E-state index is 12.2. The van der Waals surface area contributed by atoms with Crippen LogP contribution in [0.15, 0.2) is 84.9 Å². The van der Waals surface area contributed by atoms with E-state index in [1.165, 1.54) is 24.3 Å². The Balaban J connectivity index is 1.85. The molecular formula is C20H16N2O4+2. The minimum Gasteiger partial charge on any atom is -0.456 e. The fourth-order valence-corrected chi connectivity index (χ4v) is 2.38. The largest absolute Gasteiger partial charge is 0.471 e. The molecule has 6 nitrogen and oxygen atoms in total. The summed E-state index contributed by atoms with van der Waals surface area (Å²) in [5.41, 5.74) is 1.08. The van der Waals surface area contributed by atoms with E-state index in [-0.39, 0.29) is 27.6 Å². The summed E-state index contributed by atoms with van der Waals surface area (Å²) in [5, 5.41) is 20.3. The highest BCUT2D eigenvalue weighted by molar-refractivity contribution is 5.89. The van der Waals surface area contributed by atoms with Gasteiger partial charge in [0.15, 0.2) is 0 Å². The van der Waals surface area contributed by atoms with Gasteiger partial charge in [0.05, 0.1) is 15.9 Å². The quantitative estimate of drug-likeness (QED) is 0.246. The second-order valence-corrected chi connectivity index (χ2v) is 5.48. The number of rotatable bonds is 4. The first-order valence-electron chi connectivity index (χ1n) is 7.85. The van der Waals surface area contributed by atoms with Gasteiger partial charge in [0.25, 0.3) is 11.4 Å². The topological polar surface area (TPSA) is 80.6 Å². The SMILES string of the molecule is O=C(c1ccccc1)[N+](=O)c1ccc([N+](O)=C(O)c2ccccc2)cc1. The van der Waals surface area contributed by atoms with Gasteiger partial charge < -0.3 is 5.11 Å². The van der Waals surface area contributed by atoms with E-state index < -0.39 is 5.91 Å². The summed E-state index contributed by atoms with van der Waals surface area (Å²) in [6.45, 7) is 0. The van der Waals surface area contributed by atoms with E-state index in [0.29, 0.717) is 10.3 Å². The molecule has 3 aromatic carbocycles. The zero-order valence-electron chi connectivity index (χ0n) is 13.7. The van der Waals surface area contributed by atoms with Gasteiger partial charge in [0, 0.05) is 29.2 Å². The van der Waals surface area contributed by atoms with Crippen molar-refractivity contribution in [1.29, 1.82) is 0 Å². The monoisotopic (exact) mass is 348 g/mol. The van der Waals surface area contributed by atoms with Gasteiger partial charge >= 0.3 is 11.8 Å². The van der Waals surface area contributed by atoms with E-state index in [0.717, 1.165) is 0 Å². The number of hydrogen-bond donors (Lipinski definition) is 2. The van der Waals surface area contributed by atoms with Gasteiger partial charge in [0.1, 0.15) is 4.76 Å². The molecule has 0 radical (unpaired) electrons. The van der Waals surface area contributed by atoms with Crippen LogP contribution < -0.4 is 0 Å². The third-order valence-corrected chi connectivity index (χ3v) is 3.77. The van der Waals surface area contributed by atoms with Crippen molar-refractivity contribution >= 4 is 23.2 Å². The molecule has 0 atom stereocenters. The van der Waals surface area contributed by atoms with Crippen LogP contribution in [0.25, 0.3) is 0 Å². The van der Waals surface area contributed by atoms with Gasteiger partial charge in [0.2, 0.25) is 0 Å². The molecule has 0 aliphatic rings. The molecule has 3 aromatic rings. The zero-order chi connectivity index (χ0) is 18.5. The number of carbonyl (C=O) groups excluding carboxylic acids is 1. The third kappa shape index (κ3) is 3.49. The van der Waals surface area contributed by atoms with Gasteiger partial charge in [-0.15, -0.1) is 0 Å². The highest BCUT2D eigenvalue weighted by Gasteiger charge is 2.28. The highest BCUT2D eigenvalue weighted by atomic mass is 16.5. The molecule has 6 heteroatoms. The highest BCUT2D eigenvalue weighted by Crippen LogP contribution is 2.20. The molecular weight excluding hydrogens is 332 g/mol. The van der Waals surface area contributed by atoms with Crippen LogP contribution in [0.2, 0.25) is 0 Å². The van der Waals surface area contributed by atoms with Gasteiger partial charge in [-0.2, -0.15) is 0 Å². The number of nitrogens with zero attached hydrogens (tertiary/aromatic N) is 2. The molecule has 0 saturated heterocycles. The number of hydrogen-bond acceptors (Lipinski definition) is 3. The second-order valence-electron chi connectivity index (χ2n) is 5.48. The molecule has 128 valence electrons. The van der Waals surface area contributed by atoms with Crippen LogP contribution in [-0.4, -0.2) is 31.6 Å². The molecule has 0 bridgehead atoms. The normalized spacial score (nSPS) is 11.5. The molecule has 0 heterocycles. The molecule has 3 rings (SSSR count). The van der Waals surface area contributed by atoms with Crippen LogP contribution in [0.4, 0.5) is 11.4 Å². The molecule has 0 aromatic heterocycles. The summed E-state index contributed by atoms with van der Waals surface area (Å²) < 4.78 is 0.884. The second kappa shape index (κ2) is 7.40. The average molecular weight is 348 g/mol. The number of nitroso groups, excluding NO2 is 1. The lowest BCUT2D eigenvalue weighted by molar-refractivity contribution is -0.717. The van der Waals surface area contributed by atoms with E-state index in [1.54, 1.807) is 60.7 Å². The summed E-state index contributed by atoms with van der Waals surface area (Å²) >= 11 is 0. The van der Waals surface area contributed by atoms with E-state index in [1.807, 2.05) is 0 Å². The van der Waals surface area contributed by atoms with E-state index in [9.17, 15) is 20.0 Å². The molecule has 0 spiro atoms. The fourth-order valence-electron chi connectivity index (χ4n) is 2.38. The average Bonchev–Trinajstić information content (AvgIpc) is 2.73. The third-order valence-electron chi connectivity index (χ3n) is 3.77. The maximum atomic E-state index is 12.2. The lowest BCUT2D eigenvalue weighted by Crippen LogP contribution is -2.15. The van der Waals surface area contributed by atoms with Gasteiger partial charge in [-0.25, -0.2) is 4.79 Å². The van der Waals surface area contributed by atoms with Crippen molar-refractivity contribution in [1.82, 2.24) is 0 Å². The Kier molecular flexibility index (Phi) is 4.85. The number of aliphatic hydroxyl groups is 1. The van der Waals surface area contributed by atoms with Crippen molar-refractivity contribution in [2.24, 2.45) is 0 Å². The molecule has 1 amide bonds. The Morgan fingerprint density at radius 2 is 1.15 bits per heavy atom. The standard InChI is InChI=1S/C20H15N2O4/c23-19(15-7-3-1-4-8-15)21(25)17-11-13-18(14-12-17)22(26)20(24)16-9-5-2-6-10-16/h1-14,25H/q+1/p+1. The number of benzene rings is 3. The Hall–Kier alpha value is -3.80. The van der Waals surface area contributed by atoms with Crippen molar-refractivity contribution in [3.05, 3.63) is 101 Å². The Labute approximate surface area is 149 Å². The summed E-state index contributed by atoms with van der Waals surface area (Å²) in [5.74, 6) is -1.03. The Bertz CT molecular complexity index is 966. The van der Waals surface area contributed by atoms with Crippen molar-refractivity contribution in [3.8, 4) is 0 Å². The minimum absolute atomic E-state index is 0.121. The number of aliphatic hydroxyl groups excluding tert-OH is 1. The van der Waals surface area contributed by atoms with Gasteiger partial charge in [-0.05, 0) is 24.3 Å². The van der Waals surface area contributed by atoms with Gasteiger partial charge in [-0.3, -0.25) is 5.21 Å². The summed E-state index contributed by atoms with van der Waals surface area (Å²) in [4.78, 5) is 24.4. The minimum atomic E-state index is -0.683.